The lowest BCUT2D eigenvalue weighted by molar-refractivity contribution is 0.102. The van der Waals surface area contributed by atoms with Gasteiger partial charge in [-0.05, 0) is 43.2 Å². The summed E-state index contributed by atoms with van der Waals surface area (Å²) in [6.07, 6.45) is 4.39. The topological polar surface area (TPSA) is 51.2 Å². The number of nitrogens with one attached hydrogen (secondary N) is 1. The van der Waals surface area contributed by atoms with Crippen LogP contribution >= 0.6 is 34.5 Å². The SMILES string of the molecule is CCCCCCOc1c(Cl)cc(C(=O)Nc2nc3ccc(C)cc3s2)cc1Cl. The smallest absolute Gasteiger partial charge is 0.257 e. The van der Waals surface area contributed by atoms with Crippen molar-refractivity contribution in [3.63, 3.8) is 0 Å². The number of aryl methyl sites for hydroxylation is 1. The molecule has 0 aliphatic heterocycles. The molecule has 28 heavy (non-hydrogen) atoms. The van der Waals surface area contributed by atoms with Gasteiger partial charge in [0, 0.05) is 5.56 Å². The third-order valence-corrected chi connectivity index (χ3v) is 5.76. The maximum Gasteiger partial charge on any atom is 0.257 e. The fraction of sp³-hybridized carbons (Fsp3) is 0.333. The first-order chi connectivity index (χ1) is 13.5. The second-order valence-electron chi connectivity index (χ2n) is 6.62. The lowest BCUT2D eigenvalue weighted by Gasteiger charge is -2.11. The molecule has 3 rings (SSSR count). The normalized spacial score (nSPS) is 11.0. The Morgan fingerprint density at radius 2 is 1.89 bits per heavy atom. The van der Waals surface area contributed by atoms with Gasteiger partial charge in [0.25, 0.3) is 5.91 Å². The summed E-state index contributed by atoms with van der Waals surface area (Å²) in [5, 5.41) is 4.01. The number of rotatable bonds is 8. The first kappa shape index (κ1) is 20.9. The zero-order valence-electron chi connectivity index (χ0n) is 15.9. The van der Waals surface area contributed by atoms with E-state index >= 15 is 0 Å². The molecule has 0 aliphatic rings. The molecule has 3 aromatic rings. The van der Waals surface area contributed by atoms with Crippen LogP contribution in [0.3, 0.4) is 0 Å². The van der Waals surface area contributed by atoms with E-state index in [-0.39, 0.29) is 5.91 Å². The lowest BCUT2D eigenvalue weighted by Crippen LogP contribution is -2.12. The van der Waals surface area contributed by atoms with Crippen LogP contribution in [0.5, 0.6) is 5.75 Å². The van der Waals surface area contributed by atoms with Gasteiger partial charge in [-0.25, -0.2) is 4.98 Å². The molecule has 1 heterocycles. The highest BCUT2D eigenvalue weighted by Crippen LogP contribution is 2.35. The first-order valence-corrected chi connectivity index (χ1v) is 10.9. The Labute approximate surface area is 178 Å². The van der Waals surface area contributed by atoms with E-state index in [1.54, 1.807) is 12.1 Å². The van der Waals surface area contributed by atoms with Crippen molar-refractivity contribution in [1.29, 1.82) is 0 Å². The molecule has 148 valence electrons. The molecule has 0 bridgehead atoms. The number of hydrogen-bond acceptors (Lipinski definition) is 4. The summed E-state index contributed by atoms with van der Waals surface area (Å²) in [6.45, 7) is 4.73. The van der Waals surface area contributed by atoms with E-state index in [9.17, 15) is 4.79 Å². The van der Waals surface area contributed by atoms with Gasteiger partial charge in [0.1, 0.15) is 0 Å². The molecule has 0 saturated carbocycles. The highest BCUT2D eigenvalue weighted by Gasteiger charge is 2.16. The number of amides is 1. The minimum absolute atomic E-state index is 0.311. The zero-order valence-corrected chi connectivity index (χ0v) is 18.2. The Morgan fingerprint density at radius 1 is 1.14 bits per heavy atom. The molecule has 7 heteroatoms. The number of unbranched alkanes of at least 4 members (excludes halogenated alkanes) is 3. The summed E-state index contributed by atoms with van der Waals surface area (Å²) in [5.74, 6) is 0.112. The first-order valence-electron chi connectivity index (χ1n) is 9.28. The van der Waals surface area contributed by atoms with Crippen molar-refractivity contribution >= 4 is 55.8 Å². The summed E-state index contributed by atoms with van der Waals surface area (Å²) >= 11 is 14.0. The summed E-state index contributed by atoms with van der Waals surface area (Å²) < 4.78 is 6.74. The molecule has 1 amide bonds. The van der Waals surface area contributed by atoms with Crippen LogP contribution < -0.4 is 10.1 Å². The second-order valence-corrected chi connectivity index (χ2v) is 8.47. The highest BCUT2D eigenvalue weighted by atomic mass is 35.5. The molecule has 0 radical (unpaired) electrons. The molecular weight excluding hydrogens is 415 g/mol. The van der Waals surface area contributed by atoms with Gasteiger partial charge in [-0.2, -0.15) is 0 Å². The van der Waals surface area contributed by atoms with Crippen molar-refractivity contribution in [3.8, 4) is 5.75 Å². The largest absolute Gasteiger partial charge is 0.490 e. The van der Waals surface area contributed by atoms with Gasteiger partial charge in [-0.1, -0.05) is 66.8 Å². The van der Waals surface area contributed by atoms with Crippen molar-refractivity contribution in [1.82, 2.24) is 4.98 Å². The predicted octanol–water partition coefficient (Wildman–Crippen LogP) is 7.12. The van der Waals surface area contributed by atoms with Crippen LogP contribution in [0.15, 0.2) is 30.3 Å². The van der Waals surface area contributed by atoms with E-state index in [4.69, 9.17) is 27.9 Å². The van der Waals surface area contributed by atoms with Gasteiger partial charge in [0.15, 0.2) is 10.9 Å². The number of thiazole rings is 1. The number of ether oxygens (including phenoxy) is 1. The number of carbonyl (C=O) groups excluding carboxylic acids is 1. The molecular formula is C21H22Cl2N2O2S. The number of aromatic nitrogens is 1. The number of nitrogens with zero attached hydrogens (tertiary/aromatic N) is 1. The van der Waals surface area contributed by atoms with Crippen LogP contribution in [0, 0.1) is 6.92 Å². The van der Waals surface area contributed by atoms with E-state index in [0.29, 0.717) is 33.1 Å². The van der Waals surface area contributed by atoms with Crippen LogP contribution in [-0.4, -0.2) is 17.5 Å². The van der Waals surface area contributed by atoms with Crippen LogP contribution in [0.1, 0.15) is 48.5 Å². The molecule has 2 aromatic carbocycles. The predicted molar refractivity (Wildman–Crippen MR) is 118 cm³/mol. The fourth-order valence-electron chi connectivity index (χ4n) is 2.79. The summed E-state index contributed by atoms with van der Waals surface area (Å²) in [4.78, 5) is 17.0. The number of benzene rings is 2. The van der Waals surface area contributed by atoms with Crippen molar-refractivity contribution < 1.29 is 9.53 Å². The molecule has 0 atom stereocenters. The average Bonchev–Trinajstić information content (AvgIpc) is 3.04. The van der Waals surface area contributed by atoms with E-state index in [1.165, 1.54) is 24.2 Å². The summed E-state index contributed by atoms with van der Waals surface area (Å²) in [5.41, 5.74) is 2.37. The number of halogens is 2. The monoisotopic (exact) mass is 436 g/mol. The van der Waals surface area contributed by atoms with Crippen LogP contribution in [0.25, 0.3) is 10.2 Å². The third-order valence-electron chi connectivity index (χ3n) is 4.27. The lowest BCUT2D eigenvalue weighted by atomic mass is 10.2. The maximum absolute atomic E-state index is 12.6. The van der Waals surface area contributed by atoms with Crippen LogP contribution in [0.4, 0.5) is 5.13 Å². The van der Waals surface area contributed by atoms with Crippen molar-refractivity contribution in [2.45, 2.75) is 39.5 Å². The minimum Gasteiger partial charge on any atom is -0.490 e. The van der Waals surface area contributed by atoms with Crippen molar-refractivity contribution in [3.05, 3.63) is 51.5 Å². The summed E-state index contributed by atoms with van der Waals surface area (Å²) in [7, 11) is 0. The van der Waals surface area contributed by atoms with Crippen molar-refractivity contribution in [2.24, 2.45) is 0 Å². The number of carbonyl (C=O) groups is 1. The van der Waals surface area contributed by atoms with E-state index in [2.05, 4.69) is 17.2 Å². The second kappa shape index (κ2) is 9.59. The van der Waals surface area contributed by atoms with Crippen LogP contribution in [0.2, 0.25) is 10.0 Å². The van der Waals surface area contributed by atoms with Gasteiger partial charge in [0.05, 0.1) is 26.9 Å². The fourth-order valence-corrected chi connectivity index (χ4v) is 4.34. The quantitative estimate of drug-likeness (QED) is 0.382. The molecule has 0 unspecified atom stereocenters. The summed E-state index contributed by atoms with van der Waals surface area (Å²) in [6, 6.07) is 9.12. The molecule has 0 saturated heterocycles. The highest BCUT2D eigenvalue weighted by molar-refractivity contribution is 7.22. The van der Waals surface area contributed by atoms with Gasteiger partial charge in [-0.3, -0.25) is 10.1 Å². The minimum atomic E-state index is -0.311. The average molecular weight is 437 g/mol. The Bertz CT molecular complexity index is 965. The van der Waals surface area contributed by atoms with Crippen LogP contribution in [-0.2, 0) is 0 Å². The molecule has 0 fully saturated rings. The standard InChI is InChI=1S/C21H22Cl2N2O2S/c1-3-4-5-6-9-27-19-15(22)11-14(12-16(19)23)20(26)25-21-24-17-8-7-13(2)10-18(17)28-21/h7-8,10-12H,3-6,9H2,1-2H3,(H,24,25,26). The number of hydrogen-bond donors (Lipinski definition) is 1. The Morgan fingerprint density at radius 3 is 2.61 bits per heavy atom. The zero-order chi connectivity index (χ0) is 20.1. The van der Waals surface area contributed by atoms with Gasteiger partial charge in [0.2, 0.25) is 0 Å². The number of fused-ring (bicyclic) bond motifs is 1. The van der Waals surface area contributed by atoms with E-state index < -0.39 is 0 Å². The van der Waals surface area contributed by atoms with E-state index in [1.807, 2.05) is 25.1 Å². The molecule has 0 aliphatic carbocycles. The Kier molecular flexibility index (Phi) is 7.16. The van der Waals surface area contributed by atoms with E-state index in [0.717, 1.165) is 28.6 Å². The Hall–Kier alpha value is -1.82. The Balaban J connectivity index is 1.69. The third kappa shape index (κ3) is 5.16. The molecule has 1 aromatic heterocycles. The molecule has 1 N–H and O–H groups in total. The molecule has 4 nitrogen and oxygen atoms in total. The number of anilines is 1. The van der Waals surface area contributed by atoms with Gasteiger partial charge >= 0.3 is 0 Å². The molecule has 0 spiro atoms. The van der Waals surface area contributed by atoms with Gasteiger partial charge in [-0.15, -0.1) is 0 Å². The maximum atomic E-state index is 12.6. The van der Waals surface area contributed by atoms with Gasteiger partial charge < -0.3 is 4.74 Å². The van der Waals surface area contributed by atoms with Crippen molar-refractivity contribution in [2.75, 3.05) is 11.9 Å².